The second-order valence-electron chi connectivity index (χ2n) is 3.98. The summed E-state index contributed by atoms with van der Waals surface area (Å²) in [5.74, 6) is 0.0515. The zero-order valence-corrected chi connectivity index (χ0v) is 10.1. The number of hydrogen-bond donors (Lipinski definition) is 0. The van der Waals surface area contributed by atoms with Crippen LogP contribution in [-0.2, 0) is 7.05 Å². The molecule has 0 aromatic carbocycles. The van der Waals surface area contributed by atoms with Crippen molar-refractivity contribution in [1.29, 1.82) is 0 Å². The minimum Gasteiger partial charge on any atom is -0.335 e. The third-order valence-corrected chi connectivity index (χ3v) is 2.45. The van der Waals surface area contributed by atoms with Gasteiger partial charge in [-0.15, -0.1) is 0 Å². The molecule has 0 N–H and O–H groups in total. The van der Waals surface area contributed by atoms with E-state index in [1.165, 1.54) is 0 Å². The number of carbonyl (C=O) groups is 1. The summed E-state index contributed by atoms with van der Waals surface area (Å²) in [6, 6.07) is 2.05. The SMILES string of the molecule is CCN(C(=O)c1cc(C)nn1C)C(C)C. The Balaban J connectivity index is 2.97. The second kappa shape index (κ2) is 4.47. The second-order valence-corrected chi connectivity index (χ2v) is 3.98. The lowest BCUT2D eigenvalue weighted by Gasteiger charge is -2.24. The molecular formula is C11H19N3O. The first-order valence-corrected chi connectivity index (χ1v) is 5.29. The summed E-state index contributed by atoms with van der Waals surface area (Å²) in [7, 11) is 1.80. The van der Waals surface area contributed by atoms with Crippen molar-refractivity contribution < 1.29 is 4.79 Å². The summed E-state index contributed by atoms with van der Waals surface area (Å²) >= 11 is 0. The number of nitrogens with zero attached hydrogens (tertiary/aromatic N) is 3. The van der Waals surface area contributed by atoms with Gasteiger partial charge in [0.1, 0.15) is 5.69 Å². The van der Waals surface area contributed by atoms with E-state index in [0.29, 0.717) is 5.69 Å². The van der Waals surface area contributed by atoms with Crippen molar-refractivity contribution in [2.24, 2.45) is 7.05 Å². The molecule has 0 aliphatic rings. The molecule has 0 aliphatic carbocycles. The number of rotatable bonds is 3. The molecule has 0 saturated carbocycles. The van der Waals surface area contributed by atoms with Crippen LogP contribution in [0.25, 0.3) is 0 Å². The van der Waals surface area contributed by atoms with Gasteiger partial charge in [0.2, 0.25) is 0 Å². The van der Waals surface area contributed by atoms with E-state index in [4.69, 9.17) is 0 Å². The van der Waals surface area contributed by atoms with Gasteiger partial charge in [-0.1, -0.05) is 0 Å². The Morgan fingerprint density at radius 3 is 2.53 bits per heavy atom. The molecule has 0 saturated heterocycles. The lowest BCUT2D eigenvalue weighted by molar-refractivity contribution is 0.0705. The van der Waals surface area contributed by atoms with E-state index in [9.17, 15) is 4.79 Å². The monoisotopic (exact) mass is 209 g/mol. The van der Waals surface area contributed by atoms with E-state index in [-0.39, 0.29) is 11.9 Å². The average Bonchev–Trinajstić information content (AvgIpc) is 2.45. The largest absolute Gasteiger partial charge is 0.335 e. The lowest BCUT2D eigenvalue weighted by Crippen LogP contribution is -2.37. The first-order chi connectivity index (χ1) is 6.97. The van der Waals surface area contributed by atoms with Gasteiger partial charge in [-0.25, -0.2) is 0 Å². The summed E-state index contributed by atoms with van der Waals surface area (Å²) in [5.41, 5.74) is 1.53. The summed E-state index contributed by atoms with van der Waals surface area (Å²) in [4.78, 5) is 13.9. The molecule has 1 aromatic rings. The first-order valence-electron chi connectivity index (χ1n) is 5.29. The van der Waals surface area contributed by atoms with Gasteiger partial charge >= 0.3 is 0 Å². The third-order valence-electron chi connectivity index (χ3n) is 2.45. The van der Waals surface area contributed by atoms with Crippen LogP contribution < -0.4 is 0 Å². The van der Waals surface area contributed by atoms with E-state index in [2.05, 4.69) is 5.10 Å². The van der Waals surface area contributed by atoms with Crippen LogP contribution in [0.3, 0.4) is 0 Å². The minimum absolute atomic E-state index is 0.0515. The normalized spacial score (nSPS) is 10.8. The van der Waals surface area contributed by atoms with Crippen molar-refractivity contribution in [2.45, 2.75) is 33.7 Å². The van der Waals surface area contributed by atoms with E-state index >= 15 is 0 Å². The fourth-order valence-corrected chi connectivity index (χ4v) is 1.70. The van der Waals surface area contributed by atoms with E-state index in [1.54, 1.807) is 11.7 Å². The zero-order valence-electron chi connectivity index (χ0n) is 10.1. The third kappa shape index (κ3) is 2.37. The standard InChI is InChI=1S/C11H19N3O/c1-6-14(8(2)3)11(15)10-7-9(4)12-13(10)5/h7-8H,6H2,1-5H3. The summed E-state index contributed by atoms with van der Waals surface area (Å²) in [6.07, 6.45) is 0. The van der Waals surface area contributed by atoms with Gasteiger partial charge in [-0.2, -0.15) is 5.10 Å². The molecule has 1 amide bonds. The van der Waals surface area contributed by atoms with Crippen LogP contribution in [0.4, 0.5) is 0 Å². The Labute approximate surface area is 90.9 Å². The van der Waals surface area contributed by atoms with Crippen LogP contribution in [0.2, 0.25) is 0 Å². The predicted molar refractivity (Wildman–Crippen MR) is 59.8 cm³/mol. The molecule has 4 nitrogen and oxygen atoms in total. The first kappa shape index (κ1) is 11.8. The molecule has 1 aromatic heterocycles. The molecular weight excluding hydrogens is 190 g/mol. The number of aromatic nitrogens is 2. The van der Waals surface area contributed by atoms with Crippen LogP contribution in [-0.4, -0.2) is 33.2 Å². The Morgan fingerprint density at radius 1 is 1.60 bits per heavy atom. The average molecular weight is 209 g/mol. The smallest absolute Gasteiger partial charge is 0.272 e. The molecule has 1 rings (SSSR count). The highest BCUT2D eigenvalue weighted by molar-refractivity contribution is 5.92. The fourth-order valence-electron chi connectivity index (χ4n) is 1.70. The molecule has 84 valence electrons. The van der Waals surface area contributed by atoms with Gasteiger partial charge in [0, 0.05) is 19.6 Å². The van der Waals surface area contributed by atoms with Crippen LogP contribution >= 0.6 is 0 Å². The van der Waals surface area contributed by atoms with Crippen LogP contribution in [0.15, 0.2) is 6.07 Å². The minimum atomic E-state index is 0.0515. The molecule has 0 bridgehead atoms. The van der Waals surface area contributed by atoms with Crippen molar-refractivity contribution in [1.82, 2.24) is 14.7 Å². The number of hydrogen-bond acceptors (Lipinski definition) is 2. The molecule has 0 unspecified atom stereocenters. The number of aryl methyl sites for hydroxylation is 2. The van der Waals surface area contributed by atoms with Crippen molar-refractivity contribution in [3.05, 3.63) is 17.5 Å². The van der Waals surface area contributed by atoms with Gasteiger partial charge in [0.25, 0.3) is 5.91 Å². The molecule has 1 heterocycles. The molecule has 0 spiro atoms. The van der Waals surface area contributed by atoms with Crippen molar-refractivity contribution in [2.75, 3.05) is 6.54 Å². The maximum absolute atomic E-state index is 12.1. The zero-order chi connectivity index (χ0) is 11.6. The van der Waals surface area contributed by atoms with Crippen LogP contribution in [0, 0.1) is 6.92 Å². The molecule has 0 fully saturated rings. The maximum Gasteiger partial charge on any atom is 0.272 e. The maximum atomic E-state index is 12.1. The van der Waals surface area contributed by atoms with Gasteiger partial charge in [-0.3, -0.25) is 9.48 Å². The van der Waals surface area contributed by atoms with Gasteiger partial charge in [0.15, 0.2) is 0 Å². The Bertz CT molecular complexity index is 355. The highest BCUT2D eigenvalue weighted by Gasteiger charge is 2.20. The van der Waals surface area contributed by atoms with Gasteiger partial charge in [0.05, 0.1) is 5.69 Å². The van der Waals surface area contributed by atoms with Crippen LogP contribution in [0.1, 0.15) is 37.0 Å². The van der Waals surface area contributed by atoms with E-state index in [0.717, 1.165) is 12.2 Å². The molecule has 4 heteroatoms. The Morgan fingerprint density at radius 2 is 2.20 bits per heavy atom. The summed E-state index contributed by atoms with van der Waals surface area (Å²) in [5, 5.41) is 4.18. The molecule has 0 atom stereocenters. The Hall–Kier alpha value is -1.32. The molecule has 0 radical (unpaired) electrons. The van der Waals surface area contributed by atoms with Crippen molar-refractivity contribution >= 4 is 5.91 Å². The molecule has 0 aliphatic heterocycles. The highest BCUT2D eigenvalue weighted by Crippen LogP contribution is 2.09. The lowest BCUT2D eigenvalue weighted by atomic mass is 10.2. The van der Waals surface area contributed by atoms with E-state index < -0.39 is 0 Å². The van der Waals surface area contributed by atoms with Crippen molar-refractivity contribution in [3.8, 4) is 0 Å². The van der Waals surface area contributed by atoms with Crippen LogP contribution in [0.5, 0.6) is 0 Å². The molecule has 15 heavy (non-hydrogen) atoms. The number of amides is 1. The van der Waals surface area contributed by atoms with Crippen molar-refractivity contribution in [3.63, 3.8) is 0 Å². The topological polar surface area (TPSA) is 38.1 Å². The Kier molecular flexibility index (Phi) is 3.50. The fraction of sp³-hybridized carbons (Fsp3) is 0.636. The predicted octanol–water partition coefficient (Wildman–Crippen LogP) is 1.60. The van der Waals surface area contributed by atoms with Gasteiger partial charge in [-0.05, 0) is 33.8 Å². The highest BCUT2D eigenvalue weighted by atomic mass is 16.2. The number of carbonyl (C=O) groups excluding carboxylic acids is 1. The van der Waals surface area contributed by atoms with Gasteiger partial charge < -0.3 is 4.90 Å². The summed E-state index contributed by atoms with van der Waals surface area (Å²) in [6.45, 7) is 8.64. The van der Waals surface area contributed by atoms with E-state index in [1.807, 2.05) is 38.7 Å². The summed E-state index contributed by atoms with van der Waals surface area (Å²) < 4.78 is 1.64. The quantitative estimate of drug-likeness (QED) is 0.758.